The predicted molar refractivity (Wildman–Crippen MR) is 63.7 cm³/mol. The average Bonchev–Trinajstić information content (AvgIpc) is 2.72. The van der Waals surface area contributed by atoms with E-state index in [1.54, 1.807) is 0 Å². The van der Waals surface area contributed by atoms with Gasteiger partial charge >= 0.3 is 12.0 Å². The van der Waals surface area contributed by atoms with Gasteiger partial charge in [-0.15, -0.1) is 0 Å². The first-order valence-corrected chi connectivity index (χ1v) is 6.62. The molecule has 2 saturated heterocycles. The van der Waals surface area contributed by atoms with Gasteiger partial charge in [-0.3, -0.25) is 4.79 Å². The molecule has 2 amide bonds. The van der Waals surface area contributed by atoms with E-state index in [4.69, 9.17) is 5.11 Å². The molecule has 0 aromatic heterocycles. The lowest BCUT2D eigenvalue weighted by molar-refractivity contribution is -0.137. The molecule has 2 rings (SSSR count). The minimum atomic E-state index is -0.729. The van der Waals surface area contributed by atoms with E-state index < -0.39 is 5.97 Å². The molecule has 2 aliphatic rings. The van der Waals surface area contributed by atoms with Crippen molar-refractivity contribution in [3.05, 3.63) is 0 Å². The second-order valence-electron chi connectivity index (χ2n) is 4.26. The molecule has 0 radical (unpaired) electrons. The van der Waals surface area contributed by atoms with Crippen molar-refractivity contribution in [1.82, 2.24) is 10.6 Å². The Hall–Kier alpha value is -0.910. The fourth-order valence-corrected chi connectivity index (χ4v) is 3.81. The predicted octanol–water partition coefficient (Wildman–Crippen LogP) is 1.04. The highest BCUT2D eigenvalue weighted by Crippen LogP contribution is 2.33. The van der Waals surface area contributed by atoms with Crippen molar-refractivity contribution in [3.63, 3.8) is 0 Å². The monoisotopic (exact) mass is 246 g/mol. The van der Waals surface area contributed by atoms with Crippen LogP contribution < -0.4 is 10.6 Å². The smallest absolute Gasteiger partial charge is 0.315 e. The second-order valence-corrected chi connectivity index (χ2v) is 5.53. The van der Waals surface area contributed by atoms with E-state index in [0.717, 1.165) is 25.0 Å². The molecule has 2 heterocycles. The fraction of sp³-hybridized carbons (Fsp3) is 0.800. The summed E-state index contributed by atoms with van der Waals surface area (Å²) in [4.78, 5) is 21.5. The summed E-state index contributed by atoms with van der Waals surface area (Å²) in [5.41, 5.74) is 0. The fourth-order valence-electron chi connectivity index (χ4n) is 2.26. The van der Waals surface area contributed by atoms with Gasteiger partial charge in [0.05, 0.1) is 12.1 Å². The lowest BCUT2D eigenvalue weighted by Gasteiger charge is -2.16. The number of unbranched alkanes of at least 4 members (excludes halogenated alkanes) is 1. The zero-order valence-electron chi connectivity index (χ0n) is 8.94. The lowest BCUT2D eigenvalue weighted by Crippen LogP contribution is -2.36. The van der Waals surface area contributed by atoms with Crippen LogP contribution in [0.5, 0.6) is 0 Å². The first-order chi connectivity index (χ1) is 7.66. The van der Waals surface area contributed by atoms with Gasteiger partial charge in [-0.2, -0.15) is 11.8 Å². The average molecular weight is 246 g/mol. The van der Waals surface area contributed by atoms with Crippen molar-refractivity contribution >= 4 is 23.8 Å². The third-order valence-corrected chi connectivity index (χ3v) is 4.58. The number of carboxylic acid groups (broad SMARTS) is 1. The Morgan fingerprint density at radius 1 is 1.50 bits per heavy atom. The Kier molecular flexibility index (Phi) is 3.58. The molecule has 3 atom stereocenters. The standard InChI is InChI=1S/C10H16N2O3S.H2/c13-8(14)4-2-1-3-7-9-6(5-16-7)11-10(15)12-9;/h6-7,9H,1-5H2,(H,13,14)(H2,11,12,15);1H/t6-,7-,9-;/m0./s1. The summed E-state index contributed by atoms with van der Waals surface area (Å²) in [6.45, 7) is 0. The van der Waals surface area contributed by atoms with Crippen LogP contribution in [0.3, 0.4) is 0 Å². The van der Waals surface area contributed by atoms with Crippen LogP contribution in [0.4, 0.5) is 4.79 Å². The maximum Gasteiger partial charge on any atom is 0.315 e. The maximum absolute atomic E-state index is 11.1. The van der Waals surface area contributed by atoms with Crippen molar-refractivity contribution in [2.24, 2.45) is 0 Å². The number of fused-ring (bicyclic) bond motifs is 1. The van der Waals surface area contributed by atoms with Crippen LogP contribution in [0.15, 0.2) is 0 Å². The SMILES string of the molecule is O=C(O)CCCC[C@@H]1SC[C@@H]2NC(=O)N[C@@H]21.[HH]. The highest BCUT2D eigenvalue weighted by atomic mass is 32.2. The molecular formula is C10H18N2O3S. The van der Waals surface area contributed by atoms with Crippen LogP contribution in [0.1, 0.15) is 27.1 Å². The first-order valence-electron chi connectivity index (χ1n) is 5.57. The number of urea groups is 1. The molecule has 0 spiro atoms. The molecule has 2 fully saturated rings. The van der Waals surface area contributed by atoms with Crippen LogP contribution in [0.25, 0.3) is 0 Å². The summed E-state index contributed by atoms with van der Waals surface area (Å²) < 4.78 is 0. The van der Waals surface area contributed by atoms with Crippen LogP contribution in [0, 0.1) is 0 Å². The zero-order valence-corrected chi connectivity index (χ0v) is 9.76. The molecule has 2 aliphatic heterocycles. The number of rotatable bonds is 5. The van der Waals surface area contributed by atoms with Crippen molar-refractivity contribution in [3.8, 4) is 0 Å². The largest absolute Gasteiger partial charge is 0.481 e. The van der Waals surface area contributed by atoms with Crippen molar-refractivity contribution in [2.75, 3.05) is 5.75 Å². The number of hydrogen-bond donors (Lipinski definition) is 3. The number of nitrogens with one attached hydrogen (secondary N) is 2. The number of amides is 2. The van der Waals surface area contributed by atoms with E-state index in [9.17, 15) is 9.59 Å². The molecule has 0 aromatic rings. The van der Waals surface area contributed by atoms with Gasteiger partial charge in [0.1, 0.15) is 0 Å². The van der Waals surface area contributed by atoms with Crippen LogP contribution in [0.2, 0.25) is 0 Å². The highest BCUT2D eigenvalue weighted by Gasteiger charge is 2.42. The van der Waals surface area contributed by atoms with Crippen LogP contribution in [-0.4, -0.2) is 40.2 Å². The normalized spacial score (nSPS) is 32.0. The maximum atomic E-state index is 11.1. The van der Waals surface area contributed by atoms with Gasteiger partial charge in [0, 0.05) is 18.9 Å². The van der Waals surface area contributed by atoms with Gasteiger partial charge in [0.15, 0.2) is 0 Å². The second kappa shape index (κ2) is 4.95. The Labute approximate surface area is 99.8 Å². The molecule has 0 unspecified atom stereocenters. The van der Waals surface area contributed by atoms with E-state index in [1.165, 1.54) is 0 Å². The van der Waals surface area contributed by atoms with Gasteiger partial charge in [-0.25, -0.2) is 4.79 Å². The Morgan fingerprint density at radius 3 is 3.06 bits per heavy atom. The molecule has 6 heteroatoms. The molecule has 3 N–H and O–H groups in total. The summed E-state index contributed by atoms with van der Waals surface area (Å²) >= 11 is 1.87. The summed E-state index contributed by atoms with van der Waals surface area (Å²) in [5.74, 6) is 0.236. The van der Waals surface area contributed by atoms with Gasteiger partial charge in [-0.1, -0.05) is 6.42 Å². The number of carboxylic acids is 1. The molecule has 0 saturated carbocycles. The summed E-state index contributed by atoms with van der Waals surface area (Å²) in [5, 5.41) is 14.8. The molecule has 92 valence electrons. The quantitative estimate of drug-likeness (QED) is 0.500. The summed E-state index contributed by atoms with van der Waals surface area (Å²) in [6, 6.07) is 0.440. The van der Waals surface area contributed by atoms with Crippen LogP contribution >= 0.6 is 11.8 Å². The Morgan fingerprint density at radius 2 is 2.31 bits per heavy atom. The number of hydrogen-bond acceptors (Lipinski definition) is 3. The Bertz CT molecular complexity index is 303. The first kappa shape index (κ1) is 11.6. The topological polar surface area (TPSA) is 78.4 Å². The van der Waals surface area contributed by atoms with E-state index in [1.807, 2.05) is 11.8 Å². The van der Waals surface area contributed by atoms with E-state index >= 15 is 0 Å². The van der Waals surface area contributed by atoms with E-state index in [-0.39, 0.29) is 26.0 Å². The number of carbonyl (C=O) groups excluding carboxylic acids is 1. The number of thioether (sulfide) groups is 1. The third-order valence-electron chi connectivity index (χ3n) is 3.07. The van der Waals surface area contributed by atoms with E-state index in [0.29, 0.717) is 5.25 Å². The lowest BCUT2D eigenvalue weighted by atomic mass is 10.0. The van der Waals surface area contributed by atoms with Gasteiger partial charge in [0.2, 0.25) is 0 Å². The summed E-state index contributed by atoms with van der Waals surface area (Å²) in [6.07, 6.45) is 2.88. The van der Waals surface area contributed by atoms with E-state index in [2.05, 4.69) is 10.6 Å². The number of carbonyl (C=O) groups is 2. The van der Waals surface area contributed by atoms with Gasteiger partial charge in [0.25, 0.3) is 0 Å². The zero-order chi connectivity index (χ0) is 11.5. The van der Waals surface area contributed by atoms with Crippen molar-refractivity contribution in [1.29, 1.82) is 0 Å². The minimum absolute atomic E-state index is 0. The highest BCUT2D eigenvalue weighted by molar-refractivity contribution is 8.00. The van der Waals surface area contributed by atoms with Gasteiger partial charge < -0.3 is 15.7 Å². The minimum Gasteiger partial charge on any atom is -0.481 e. The third kappa shape index (κ3) is 2.61. The van der Waals surface area contributed by atoms with Crippen LogP contribution in [-0.2, 0) is 4.79 Å². The van der Waals surface area contributed by atoms with Crippen molar-refractivity contribution < 1.29 is 16.1 Å². The number of aliphatic carboxylic acids is 1. The Balaban J connectivity index is 0.00000144. The molecule has 0 bridgehead atoms. The summed E-state index contributed by atoms with van der Waals surface area (Å²) in [7, 11) is 0. The van der Waals surface area contributed by atoms with Crippen molar-refractivity contribution in [2.45, 2.75) is 43.0 Å². The molecule has 16 heavy (non-hydrogen) atoms. The molecule has 0 aromatic carbocycles. The molecule has 5 nitrogen and oxygen atoms in total. The molecular weight excluding hydrogens is 228 g/mol. The van der Waals surface area contributed by atoms with Gasteiger partial charge in [-0.05, 0) is 12.8 Å². The molecule has 0 aliphatic carbocycles.